The number of carboxylic acid groups (broad SMARTS) is 1. The van der Waals surface area contributed by atoms with Crippen LogP contribution in [0.15, 0.2) is 42.5 Å². The highest BCUT2D eigenvalue weighted by atomic mass is 16.5. The molecule has 4 rings (SSSR count). The molecule has 0 spiro atoms. The van der Waals surface area contributed by atoms with E-state index in [4.69, 9.17) is 9.47 Å². The lowest BCUT2D eigenvalue weighted by atomic mass is 9.86. The molecule has 0 bridgehead atoms. The third-order valence-corrected chi connectivity index (χ3v) is 6.64. The van der Waals surface area contributed by atoms with Gasteiger partial charge in [-0.1, -0.05) is 24.3 Å². The van der Waals surface area contributed by atoms with Gasteiger partial charge < -0.3 is 19.1 Å². The molecule has 3 aromatic rings. The third kappa shape index (κ3) is 4.05. The first-order chi connectivity index (χ1) is 16.1. The number of fused-ring (bicyclic) bond motifs is 3. The van der Waals surface area contributed by atoms with Gasteiger partial charge in [0, 0.05) is 35.1 Å². The van der Waals surface area contributed by atoms with Crippen LogP contribution < -0.4 is 9.47 Å². The molecule has 2 atom stereocenters. The third-order valence-electron chi connectivity index (χ3n) is 6.64. The summed E-state index contributed by atoms with van der Waals surface area (Å²) < 4.78 is 14.0. The van der Waals surface area contributed by atoms with Gasteiger partial charge in [-0.15, -0.1) is 0 Å². The molecule has 0 saturated carbocycles. The normalized spacial score (nSPS) is 18.6. The lowest BCUT2D eigenvalue weighted by Gasteiger charge is -2.44. The van der Waals surface area contributed by atoms with E-state index in [0.29, 0.717) is 17.9 Å². The molecule has 1 N–H and O–H groups in total. The fourth-order valence-electron chi connectivity index (χ4n) is 5.45. The molecule has 34 heavy (non-hydrogen) atoms. The number of carbonyl (C=O) groups is 1. The Morgan fingerprint density at radius 1 is 1.00 bits per heavy atom. The number of aliphatic carboxylic acids is 1. The molecule has 1 aliphatic heterocycles. The number of hydrogen-bond acceptors (Lipinski definition) is 4. The molecule has 6 heteroatoms. The topological polar surface area (TPSA) is 63.9 Å². The van der Waals surface area contributed by atoms with Gasteiger partial charge in [0.2, 0.25) is 0 Å². The second-order valence-corrected chi connectivity index (χ2v) is 9.92. The zero-order chi connectivity index (χ0) is 24.7. The fraction of sp³-hybridized carbons (Fsp3) is 0.464. The summed E-state index contributed by atoms with van der Waals surface area (Å²) in [6.07, 6.45) is 0.499. The van der Waals surface area contributed by atoms with Crippen molar-refractivity contribution in [3.63, 3.8) is 0 Å². The average Bonchev–Trinajstić information content (AvgIpc) is 3.12. The number of para-hydroxylation sites is 1. The van der Waals surface area contributed by atoms with Crippen molar-refractivity contribution in [1.29, 1.82) is 0 Å². The average molecular weight is 465 g/mol. The SMILES string of the molecule is COc1cc([C@H]2c3c(c4ccccc4n3C(C)C)C[C@@H](C(=O)O)N2C(C)C)ccc1OC(C)C. The highest BCUT2D eigenvalue weighted by Crippen LogP contribution is 2.46. The first kappa shape index (κ1) is 24.1. The summed E-state index contributed by atoms with van der Waals surface area (Å²) in [5.41, 5.74) is 4.44. The highest BCUT2D eigenvalue weighted by Gasteiger charge is 2.43. The predicted octanol–water partition coefficient (Wildman–Crippen LogP) is 5.83. The Labute approximate surface area is 202 Å². The minimum Gasteiger partial charge on any atom is -0.493 e. The van der Waals surface area contributed by atoms with Crippen LogP contribution in [0.1, 0.15) is 70.4 Å². The fourth-order valence-corrected chi connectivity index (χ4v) is 5.45. The number of rotatable bonds is 7. The monoisotopic (exact) mass is 464 g/mol. The Morgan fingerprint density at radius 3 is 2.29 bits per heavy atom. The minimum atomic E-state index is -0.794. The maximum absolute atomic E-state index is 12.5. The van der Waals surface area contributed by atoms with Crippen molar-refractivity contribution in [2.75, 3.05) is 7.11 Å². The summed E-state index contributed by atoms with van der Waals surface area (Å²) in [6.45, 7) is 12.5. The molecule has 2 aromatic carbocycles. The summed E-state index contributed by atoms with van der Waals surface area (Å²) in [5.74, 6) is 0.547. The second-order valence-electron chi connectivity index (χ2n) is 9.92. The van der Waals surface area contributed by atoms with Gasteiger partial charge in [0.25, 0.3) is 0 Å². The van der Waals surface area contributed by atoms with E-state index in [1.807, 2.05) is 32.0 Å². The van der Waals surface area contributed by atoms with Crippen LogP contribution in [-0.4, -0.2) is 45.8 Å². The predicted molar refractivity (Wildman–Crippen MR) is 135 cm³/mol. The van der Waals surface area contributed by atoms with E-state index >= 15 is 0 Å². The van der Waals surface area contributed by atoms with Crippen LogP contribution in [0.3, 0.4) is 0 Å². The van der Waals surface area contributed by atoms with Gasteiger partial charge in [0.1, 0.15) is 6.04 Å². The molecule has 0 fully saturated rings. The Hall–Kier alpha value is -2.99. The first-order valence-electron chi connectivity index (χ1n) is 12.1. The Morgan fingerprint density at radius 2 is 1.71 bits per heavy atom. The first-order valence-corrected chi connectivity index (χ1v) is 12.1. The molecule has 0 saturated heterocycles. The van der Waals surface area contributed by atoms with E-state index < -0.39 is 12.0 Å². The van der Waals surface area contributed by atoms with Crippen molar-refractivity contribution in [2.24, 2.45) is 0 Å². The number of carboxylic acids is 1. The van der Waals surface area contributed by atoms with Crippen molar-refractivity contribution < 1.29 is 19.4 Å². The van der Waals surface area contributed by atoms with E-state index in [1.54, 1.807) is 7.11 Å². The van der Waals surface area contributed by atoms with Crippen LogP contribution in [0.25, 0.3) is 10.9 Å². The number of hydrogen-bond donors (Lipinski definition) is 1. The number of nitrogens with zero attached hydrogens (tertiary/aromatic N) is 2. The number of ether oxygens (including phenoxy) is 2. The molecule has 2 heterocycles. The molecule has 0 amide bonds. The van der Waals surface area contributed by atoms with Crippen LogP contribution in [0.2, 0.25) is 0 Å². The minimum absolute atomic E-state index is 0.0214. The number of aromatic nitrogens is 1. The Bertz CT molecular complexity index is 1190. The quantitative estimate of drug-likeness (QED) is 0.477. The zero-order valence-electron chi connectivity index (χ0n) is 21.2. The summed E-state index contributed by atoms with van der Waals surface area (Å²) >= 11 is 0. The van der Waals surface area contributed by atoms with Gasteiger partial charge in [-0.2, -0.15) is 0 Å². The van der Waals surface area contributed by atoms with Gasteiger partial charge >= 0.3 is 5.97 Å². The van der Waals surface area contributed by atoms with E-state index in [9.17, 15) is 9.90 Å². The molecular weight excluding hydrogens is 428 g/mol. The van der Waals surface area contributed by atoms with E-state index in [0.717, 1.165) is 22.0 Å². The van der Waals surface area contributed by atoms with E-state index in [1.165, 1.54) is 5.69 Å². The molecule has 0 unspecified atom stereocenters. The Kier molecular flexibility index (Phi) is 6.63. The molecule has 1 aliphatic rings. The second kappa shape index (κ2) is 9.34. The smallest absolute Gasteiger partial charge is 0.321 e. The number of methoxy groups -OCH3 is 1. The maximum Gasteiger partial charge on any atom is 0.321 e. The summed E-state index contributed by atoms with van der Waals surface area (Å²) in [6, 6.07) is 13.7. The molecule has 6 nitrogen and oxygen atoms in total. The van der Waals surface area contributed by atoms with Crippen molar-refractivity contribution in [1.82, 2.24) is 9.47 Å². The van der Waals surface area contributed by atoms with Gasteiger partial charge in [-0.05, 0) is 70.9 Å². The summed E-state index contributed by atoms with van der Waals surface area (Å²) in [5, 5.41) is 11.4. The van der Waals surface area contributed by atoms with Crippen molar-refractivity contribution in [2.45, 2.75) is 78.2 Å². The lowest BCUT2D eigenvalue weighted by molar-refractivity contribution is -0.145. The highest BCUT2D eigenvalue weighted by molar-refractivity contribution is 5.88. The van der Waals surface area contributed by atoms with Crippen LogP contribution >= 0.6 is 0 Å². The molecular formula is C28H36N2O4. The van der Waals surface area contributed by atoms with E-state index in [-0.39, 0.29) is 24.2 Å². The Balaban J connectivity index is 2.03. The molecule has 182 valence electrons. The van der Waals surface area contributed by atoms with Gasteiger partial charge in [-0.25, -0.2) is 0 Å². The van der Waals surface area contributed by atoms with Crippen molar-refractivity contribution in [3.8, 4) is 11.5 Å². The summed E-state index contributed by atoms with van der Waals surface area (Å²) in [4.78, 5) is 14.7. The van der Waals surface area contributed by atoms with Crippen molar-refractivity contribution >= 4 is 16.9 Å². The summed E-state index contributed by atoms with van der Waals surface area (Å²) in [7, 11) is 1.64. The molecule has 0 aliphatic carbocycles. The lowest BCUT2D eigenvalue weighted by Crippen LogP contribution is -2.52. The zero-order valence-corrected chi connectivity index (χ0v) is 21.2. The largest absolute Gasteiger partial charge is 0.493 e. The molecule has 1 aromatic heterocycles. The number of benzene rings is 2. The van der Waals surface area contributed by atoms with Crippen LogP contribution in [0, 0.1) is 0 Å². The van der Waals surface area contributed by atoms with Crippen LogP contribution in [-0.2, 0) is 11.2 Å². The molecule has 0 radical (unpaired) electrons. The van der Waals surface area contributed by atoms with E-state index in [2.05, 4.69) is 61.4 Å². The standard InChI is InChI=1S/C28H36N2O4/c1-16(2)29-22-11-9-8-10-20(22)21-15-23(28(31)32)30(17(3)4)26(27(21)29)19-12-13-24(34-18(5)6)25(14-19)33-7/h8-14,16-18,23,26H,15H2,1-7H3,(H,31,32)/t23-,26-/m0/s1. The maximum atomic E-state index is 12.5. The van der Waals surface area contributed by atoms with Gasteiger partial charge in [-0.3, -0.25) is 9.69 Å². The van der Waals surface area contributed by atoms with Crippen LogP contribution in [0.5, 0.6) is 11.5 Å². The van der Waals surface area contributed by atoms with Crippen molar-refractivity contribution in [3.05, 3.63) is 59.3 Å². The van der Waals surface area contributed by atoms with Gasteiger partial charge in [0.05, 0.1) is 19.3 Å². The van der Waals surface area contributed by atoms with Crippen LogP contribution in [0.4, 0.5) is 0 Å². The van der Waals surface area contributed by atoms with Gasteiger partial charge in [0.15, 0.2) is 11.5 Å².